The van der Waals surface area contributed by atoms with Gasteiger partial charge in [-0.2, -0.15) is 0 Å². The van der Waals surface area contributed by atoms with E-state index in [-0.39, 0.29) is 19.5 Å². The summed E-state index contributed by atoms with van der Waals surface area (Å²) in [5, 5.41) is 0. The molecular weight excluding hydrogens is 211 g/mol. The Morgan fingerprint density at radius 2 is 1.70 bits per heavy atom. The topological polar surface area (TPSA) is 4.93 Å². The van der Waals surface area contributed by atoms with Crippen LogP contribution < -0.4 is 0 Å². The average molecular weight is 223 g/mol. The average Bonchev–Trinajstić information content (AvgIpc) is 1.98. The molecule has 0 bridgehead atoms. The second-order valence-electron chi connectivity index (χ2n) is 2.48. The van der Waals surface area contributed by atoms with E-state index in [4.69, 9.17) is 0 Å². The fourth-order valence-electron chi connectivity index (χ4n) is 0.949. The normalized spacial score (nSPS) is 9.20. The molecule has 0 spiro atoms. The zero-order valence-corrected chi connectivity index (χ0v) is 8.54. The Morgan fingerprint density at radius 1 is 1.20 bits per heavy atom. The Bertz CT molecular complexity index is 203. The molecule has 0 fully saturated rings. The molecule has 0 saturated heterocycles. The Morgan fingerprint density at radius 3 is 1.80 bits per heavy atom. The maximum absolute atomic E-state index is 3.24. The first-order chi connectivity index (χ1) is 4.13. The van der Waals surface area contributed by atoms with Crippen LogP contribution in [0, 0.1) is 26.8 Å². The number of rotatable bonds is 0. The number of nitrogens with zero attached hydrogens (tertiary/aromatic N) is 1. The molecule has 1 nitrogen and oxygen atoms in total. The van der Waals surface area contributed by atoms with Crippen LogP contribution in [0.2, 0.25) is 0 Å². The van der Waals surface area contributed by atoms with Gasteiger partial charge in [-0.05, 0) is 14.0 Å². The minimum Gasteiger partial charge on any atom is -0.445 e. The molecule has 1 heterocycles. The predicted octanol–water partition coefficient (Wildman–Crippen LogP) is 1.75. The first kappa shape index (κ1) is 9.90. The molecule has 0 saturated carbocycles. The number of hydrogen-bond donors (Lipinski definition) is 0. The van der Waals surface area contributed by atoms with Gasteiger partial charge >= 0.3 is 19.5 Å². The van der Waals surface area contributed by atoms with Crippen molar-refractivity contribution in [3.63, 3.8) is 0 Å². The SMILES string of the molecule is Cc1[c-]c(C)n(C)c1C.[Ru+2]. The van der Waals surface area contributed by atoms with Crippen LogP contribution in [0.4, 0.5) is 0 Å². The van der Waals surface area contributed by atoms with Crippen LogP contribution in [0.25, 0.3) is 0 Å². The summed E-state index contributed by atoms with van der Waals surface area (Å²) in [6, 6.07) is 3.24. The van der Waals surface area contributed by atoms with Crippen molar-refractivity contribution in [1.29, 1.82) is 0 Å². The minimum absolute atomic E-state index is 0. The van der Waals surface area contributed by atoms with Crippen LogP contribution >= 0.6 is 0 Å². The van der Waals surface area contributed by atoms with E-state index < -0.39 is 0 Å². The maximum Gasteiger partial charge on any atom is 2.00 e. The third-order valence-corrected chi connectivity index (χ3v) is 1.92. The molecule has 2 heteroatoms. The standard InChI is InChI=1S/C8H12N.Ru/c1-6-5-7(2)9(4)8(6)3;/h1-4H3;/q-1;+2. The van der Waals surface area contributed by atoms with E-state index in [1.54, 1.807) is 0 Å². The molecule has 0 radical (unpaired) electrons. The zero-order chi connectivity index (χ0) is 7.02. The molecule has 1 aromatic heterocycles. The fraction of sp³-hybridized carbons (Fsp3) is 0.500. The number of aromatic nitrogens is 1. The summed E-state index contributed by atoms with van der Waals surface area (Å²) in [4.78, 5) is 0. The van der Waals surface area contributed by atoms with Crippen LogP contribution in [0.5, 0.6) is 0 Å². The van der Waals surface area contributed by atoms with Gasteiger partial charge in [0, 0.05) is 0 Å². The molecule has 0 aliphatic carbocycles. The van der Waals surface area contributed by atoms with E-state index in [2.05, 4.69) is 38.5 Å². The molecule has 0 aromatic carbocycles. The fourth-order valence-corrected chi connectivity index (χ4v) is 0.949. The van der Waals surface area contributed by atoms with Crippen molar-refractivity contribution in [1.82, 2.24) is 4.57 Å². The summed E-state index contributed by atoms with van der Waals surface area (Å²) in [6.07, 6.45) is 0. The monoisotopic (exact) mass is 224 g/mol. The molecule has 56 valence electrons. The van der Waals surface area contributed by atoms with E-state index in [1.165, 1.54) is 17.0 Å². The van der Waals surface area contributed by atoms with E-state index in [0.717, 1.165) is 0 Å². The molecule has 0 amide bonds. The van der Waals surface area contributed by atoms with Crippen molar-refractivity contribution in [2.24, 2.45) is 7.05 Å². The molecule has 0 atom stereocenters. The smallest absolute Gasteiger partial charge is 0.445 e. The Labute approximate surface area is 75.2 Å². The Balaban J connectivity index is 0.000000810. The molecule has 0 unspecified atom stereocenters. The van der Waals surface area contributed by atoms with Gasteiger partial charge in [0.05, 0.1) is 0 Å². The molecule has 1 aromatic rings. The van der Waals surface area contributed by atoms with Crippen molar-refractivity contribution in [3.8, 4) is 0 Å². The van der Waals surface area contributed by atoms with Crippen molar-refractivity contribution >= 4 is 0 Å². The van der Waals surface area contributed by atoms with E-state index in [1.807, 2.05) is 0 Å². The van der Waals surface area contributed by atoms with Gasteiger partial charge in [-0.25, -0.2) is 11.6 Å². The van der Waals surface area contributed by atoms with Gasteiger partial charge in [-0.1, -0.05) is 19.5 Å². The summed E-state index contributed by atoms with van der Waals surface area (Å²) in [7, 11) is 2.06. The van der Waals surface area contributed by atoms with Crippen LogP contribution in [-0.2, 0) is 26.5 Å². The Hall–Kier alpha value is -0.0966. The van der Waals surface area contributed by atoms with Crippen molar-refractivity contribution in [2.45, 2.75) is 20.8 Å². The van der Waals surface area contributed by atoms with Gasteiger partial charge < -0.3 is 4.57 Å². The molecule has 10 heavy (non-hydrogen) atoms. The van der Waals surface area contributed by atoms with Crippen LogP contribution in [0.1, 0.15) is 17.0 Å². The third kappa shape index (κ3) is 1.49. The Kier molecular flexibility index (Phi) is 3.31. The van der Waals surface area contributed by atoms with Crippen LogP contribution in [0.3, 0.4) is 0 Å². The number of aryl methyl sites for hydroxylation is 2. The second kappa shape index (κ2) is 3.34. The van der Waals surface area contributed by atoms with Crippen molar-refractivity contribution < 1.29 is 19.5 Å². The van der Waals surface area contributed by atoms with Gasteiger partial charge in [0.25, 0.3) is 0 Å². The largest absolute Gasteiger partial charge is 2.00 e. The zero-order valence-electron chi connectivity index (χ0n) is 6.80. The third-order valence-electron chi connectivity index (χ3n) is 1.92. The van der Waals surface area contributed by atoms with E-state index in [0.29, 0.717) is 0 Å². The first-order valence-electron chi connectivity index (χ1n) is 3.14. The molecule has 0 aliphatic rings. The van der Waals surface area contributed by atoms with Crippen LogP contribution in [0.15, 0.2) is 0 Å². The molecule has 0 aliphatic heterocycles. The first-order valence-corrected chi connectivity index (χ1v) is 3.14. The van der Waals surface area contributed by atoms with Gasteiger partial charge in [0.1, 0.15) is 0 Å². The number of hydrogen-bond acceptors (Lipinski definition) is 0. The van der Waals surface area contributed by atoms with Gasteiger partial charge in [0.2, 0.25) is 0 Å². The second-order valence-corrected chi connectivity index (χ2v) is 2.48. The van der Waals surface area contributed by atoms with E-state index in [9.17, 15) is 0 Å². The quantitative estimate of drug-likeness (QED) is 0.466. The molecular formula is C8H12NRu+. The summed E-state index contributed by atoms with van der Waals surface area (Å²) < 4.78 is 2.15. The van der Waals surface area contributed by atoms with Crippen molar-refractivity contribution in [2.75, 3.05) is 0 Å². The minimum atomic E-state index is 0. The molecule has 0 N–H and O–H groups in total. The summed E-state index contributed by atoms with van der Waals surface area (Å²) in [5.41, 5.74) is 3.78. The van der Waals surface area contributed by atoms with E-state index >= 15 is 0 Å². The van der Waals surface area contributed by atoms with Gasteiger partial charge in [-0.15, -0.1) is 5.69 Å². The predicted molar refractivity (Wildman–Crippen MR) is 38.5 cm³/mol. The summed E-state index contributed by atoms with van der Waals surface area (Å²) in [6.45, 7) is 6.27. The van der Waals surface area contributed by atoms with Gasteiger partial charge in [0.15, 0.2) is 0 Å². The summed E-state index contributed by atoms with van der Waals surface area (Å²) >= 11 is 0. The molecule has 1 rings (SSSR count). The van der Waals surface area contributed by atoms with Crippen molar-refractivity contribution in [3.05, 3.63) is 23.0 Å². The maximum atomic E-state index is 3.24. The summed E-state index contributed by atoms with van der Waals surface area (Å²) in [5.74, 6) is 0. The van der Waals surface area contributed by atoms with Gasteiger partial charge in [-0.3, -0.25) is 0 Å². The van der Waals surface area contributed by atoms with Crippen LogP contribution in [-0.4, -0.2) is 4.57 Å².